The van der Waals surface area contributed by atoms with E-state index in [1.54, 1.807) is 48.5 Å². The molecule has 1 atom stereocenters. The predicted octanol–water partition coefficient (Wildman–Crippen LogP) is 4.20. The molecule has 0 aliphatic rings. The average molecular weight is 559 g/mol. The van der Waals surface area contributed by atoms with E-state index in [0.717, 1.165) is 22.5 Å². The molecule has 0 aliphatic carbocycles. The number of nitrogens with one attached hydrogen (secondary N) is 1. The monoisotopic (exact) mass is 557 g/mol. The first-order valence-electron chi connectivity index (χ1n) is 10.6. The summed E-state index contributed by atoms with van der Waals surface area (Å²) in [5.41, 5.74) is 1.13. The van der Waals surface area contributed by atoms with Gasteiger partial charge in [0.25, 0.3) is 0 Å². The van der Waals surface area contributed by atoms with Gasteiger partial charge in [-0.1, -0.05) is 49.7 Å². The molecule has 0 saturated carbocycles. The molecule has 2 aromatic rings. The molecule has 0 unspecified atom stereocenters. The van der Waals surface area contributed by atoms with Crippen molar-refractivity contribution in [3.63, 3.8) is 0 Å². The fourth-order valence-corrected chi connectivity index (χ4v) is 4.92. The Bertz CT molecular complexity index is 1060. The molecule has 0 aromatic heterocycles. The fourth-order valence-electron chi connectivity index (χ4n) is 3.32. The van der Waals surface area contributed by atoms with Crippen LogP contribution < -0.4 is 9.62 Å². The molecule has 0 bridgehead atoms. The summed E-state index contributed by atoms with van der Waals surface area (Å²) in [5, 5.41) is 3.40. The van der Waals surface area contributed by atoms with Gasteiger partial charge in [-0.25, -0.2) is 8.42 Å². The summed E-state index contributed by atoms with van der Waals surface area (Å²) < 4.78 is 26.8. The van der Waals surface area contributed by atoms with Crippen molar-refractivity contribution in [2.24, 2.45) is 0 Å². The number of carbonyl (C=O) groups excluding carboxylic acids is 2. The Morgan fingerprint density at radius 1 is 1.09 bits per heavy atom. The summed E-state index contributed by atoms with van der Waals surface area (Å²) in [6.07, 6.45) is 2.19. The van der Waals surface area contributed by atoms with Crippen LogP contribution in [0.25, 0.3) is 0 Å². The Hall–Kier alpha value is -2.10. The van der Waals surface area contributed by atoms with E-state index in [1.807, 2.05) is 13.8 Å². The second-order valence-corrected chi connectivity index (χ2v) is 10.8. The summed E-state index contributed by atoms with van der Waals surface area (Å²) in [6.45, 7) is 3.96. The Morgan fingerprint density at radius 2 is 1.73 bits per heavy atom. The number of hydrogen-bond donors (Lipinski definition) is 1. The van der Waals surface area contributed by atoms with Gasteiger partial charge >= 0.3 is 0 Å². The summed E-state index contributed by atoms with van der Waals surface area (Å²) in [5.74, 6) is -0.752. The van der Waals surface area contributed by atoms with Crippen LogP contribution >= 0.6 is 27.5 Å². The molecule has 7 nitrogen and oxygen atoms in total. The van der Waals surface area contributed by atoms with Crippen LogP contribution in [-0.2, 0) is 26.2 Å². The van der Waals surface area contributed by atoms with Gasteiger partial charge in [0.15, 0.2) is 0 Å². The number of nitrogens with zero attached hydrogens (tertiary/aromatic N) is 2. The highest BCUT2D eigenvalue weighted by Crippen LogP contribution is 2.28. The molecule has 2 aromatic carbocycles. The van der Waals surface area contributed by atoms with E-state index >= 15 is 0 Å². The van der Waals surface area contributed by atoms with Crippen molar-refractivity contribution in [1.29, 1.82) is 0 Å². The molecule has 33 heavy (non-hydrogen) atoms. The highest BCUT2D eigenvalue weighted by molar-refractivity contribution is 9.10. The van der Waals surface area contributed by atoms with Gasteiger partial charge in [0.05, 0.1) is 11.9 Å². The minimum atomic E-state index is -3.78. The Labute approximate surface area is 209 Å². The maximum absolute atomic E-state index is 13.5. The molecule has 0 saturated heterocycles. The van der Waals surface area contributed by atoms with Gasteiger partial charge in [-0.3, -0.25) is 13.9 Å². The zero-order valence-electron chi connectivity index (χ0n) is 18.9. The van der Waals surface area contributed by atoms with E-state index in [4.69, 9.17) is 11.6 Å². The van der Waals surface area contributed by atoms with Crippen molar-refractivity contribution in [2.45, 2.75) is 39.3 Å². The molecule has 2 rings (SSSR count). The number of halogens is 2. The molecular weight excluding hydrogens is 530 g/mol. The van der Waals surface area contributed by atoms with E-state index < -0.39 is 28.5 Å². The summed E-state index contributed by atoms with van der Waals surface area (Å²) >= 11 is 9.35. The maximum Gasteiger partial charge on any atom is 0.244 e. The zero-order chi connectivity index (χ0) is 24.6. The lowest BCUT2D eigenvalue weighted by Crippen LogP contribution is -2.52. The topological polar surface area (TPSA) is 86.8 Å². The third-order valence-corrected chi connectivity index (χ3v) is 7.05. The molecule has 2 amide bonds. The first kappa shape index (κ1) is 27.1. The molecule has 0 radical (unpaired) electrons. The van der Waals surface area contributed by atoms with Crippen molar-refractivity contribution < 1.29 is 18.0 Å². The van der Waals surface area contributed by atoms with Crippen molar-refractivity contribution in [3.8, 4) is 0 Å². The van der Waals surface area contributed by atoms with Crippen molar-refractivity contribution in [1.82, 2.24) is 10.2 Å². The third kappa shape index (κ3) is 7.72. The minimum absolute atomic E-state index is 0.140. The van der Waals surface area contributed by atoms with Crippen molar-refractivity contribution >= 4 is 55.1 Å². The van der Waals surface area contributed by atoms with E-state index in [2.05, 4.69) is 21.2 Å². The predicted molar refractivity (Wildman–Crippen MR) is 136 cm³/mol. The van der Waals surface area contributed by atoms with Crippen LogP contribution in [0.2, 0.25) is 5.02 Å². The fraction of sp³-hybridized carbons (Fsp3) is 0.391. The van der Waals surface area contributed by atoms with Crippen LogP contribution in [0.3, 0.4) is 0 Å². The standard InChI is InChI=1S/C23H29BrClN3O4S/c1-4-14-26-23(30)20(5-2)27(15-17-10-12-18(25)13-11-17)22(29)16-28(33(3,31)32)21-9-7-6-8-19(21)24/h6-13,20H,4-5,14-16H2,1-3H3,(H,26,30)/t20-/m0/s1. The van der Waals surface area contributed by atoms with E-state index in [9.17, 15) is 18.0 Å². The van der Waals surface area contributed by atoms with Gasteiger partial charge in [-0.2, -0.15) is 0 Å². The SMILES string of the molecule is CCCNC(=O)[C@H](CC)N(Cc1ccc(Cl)cc1)C(=O)CN(c1ccccc1Br)S(C)(=O)=O. The van der Waals surface area contributed by atoms with Crippen LogP contribution in [0.1, 0.15) is 32.3 Å². The number of para-hydroxylation sites is 1. The number of anilines is 1. The van der Waals surface area contributed by atoms with Crippen molar-refractivity contribution in [2.75, 3.05) is 23.7 Å². The first-order chi connectivity index (χ1) is 15.6. The second kappa shape index (κ2) is 12.4. The van der Waals surface area contributed by atoms with Crippen molar-refractivity contribution in [3.05, 3.63) is 63.6 Å². The minimum Gasteiger partial charge on any atom is -0.354 e. The Morgan fingerprint density at radius 3 is 2.27 bits per heavy atom. The normalized spacial score (nSPS) is 12.2. The van der Waals surface area contributed by atoms with Gasteiger partial charge in [-0.15, -0.1) is 0 Å². The van der Waals surface area contributed by atoms with Crippen LogP contribution in [0.4, 0.5) is 5.69 Å². The van der Waals surface area contributed by atoms with E-state index in [0.29, 0.717) is 28.1 Å². The highest BCUT2D eigenvalue weighted by atomic mass is 79.9. The summed E-state index contributed by atoms with van der Waals surface area (Å²) in [6, 6.07) is 13.0. The molecular formula is C23H29BrClN3O4S. The number of sulfonamides is 1. The summed E-state index contributed by atoms with van der Waals surface area (Å²) in [7, 11) is -3.78. The highest BCUT2D eigenvalue weighted by Gasteiger charge is 2.32. The number of benzene rings is 2. The lowest BCUT2D eigenvalue weighted by atomic mass is 10.1. The largest absolute Gasteiger partial charge is 0.354 e. The van der Waals surface area contributed by atoms with Gasteiger partial charge in [0.1, 0.15) is 12.6 Å². The molecule has 0 spiro atoms. The van der Waals surface area contributed by atoms with Crippen LogP contribution in [0.5, 0.6) is 0 Å². The number of hydrogen-bond acceptors (Lipinski definition) is 4. The van der Waals surface area contributed by atoms with Gasteiger partial charge in [-0.05, 0) is 58.6 Å². The lowest BCUT2D eigenvalue weighted by Gasteiger charge is -2.33. The van der Waals surface area contributed by atoms with Crippen LogP contribution in [-0.4, -0.2) is 50.5 Å². The quantitative estimate of drug-likeness (QED) is 0.448. The summed E-state index contributed by atoms with van der Waals surface area (Å²) in [4.78, 5) is 27.8. The molecule has 0 heterocycles. The number of amides is 2. The average Bonchev–Trinajstić information content (AvgIpc) is 2.77. The molecule has 0 fully saturated rings. The number of rotatable bonds is 11. The van der Waals surface area contributed by atoms with Gasteiger partial charge in [0, 0.05) is 22.6 Å². The smallest absolute Gasteiger partial charge is 0.244 e. The lowest BCUT2D eigenvalue weighted by molar-refractivity contribution is -0.140. The molecule has 10 heteroatoms. The van der Waals surface area contributed by atoms with E-state index in [-0.39, 0.29) is 12.5 Å². The number of carbonyl (C=O) groups is 2. The molecule has 0 aliphatic heterocycles. The zero-order valence-corrected chi connectivity index (χ0v) is 22.1. The van der Waals surface area contributed by atoms with Crippen LogP contribution in [0.15, 0.2) is 53.0 Å². The van der Waals surface area contributed by atoms with Gasteiger partial charge in [0.2, 0.25) is 21.8 Å². The Kier molecular flexibility index (Phi) is 10.2. The third-order valence-electron chi connectivity index (χ3n) is 5.00. The maximum atomic E-state index is 13.5. The van der Waals surface area contributed by atoms with E-state index in [1.165, 1.54) is 4.90 Å². The van der Waals surface area contributed by atoms with Gasteiger partial charge < -0.3 is 10.2 Å². The second-order valence-electron chi connectivity index (χ2n) is 7.58. The first-order valence-corrected chi connectivity index (χ1v) is 13.6. The van der Waals surface area contributed by atoms with Crippen LogP contribution in [0, 0.1) is 0 Å². The Balaban J connectivity index is 2.42. The molecule has 1 N–H and O–H groups in total. The molecule has 180 valence electrons.